The van der Waals surface area contributed by atoms with Crippen LogP contribution in [0.25, 0.3) is 22.0 Å². The minimum Gasteiger partial charge on any atom is -0.512 e. The van der Waals surface area contributed by atoms with Crippen LogP contribution in [0.3, 0.4) is 0 Å². The van der Waals surface area contributed by atoms with Gasteiger partial charge in [0.2, 0.25) is 0 Å². The standard InChI is InChI=1S/C20H20N.C15H30O2Si.Ir/c1-13(2)16-5-6-19-17(12-16)7-8-21-20(19)18-10-14(3)9-15(4)11-18;1-7-15(6,8-2)13(16)12-14(17)18(9-3,10-4)11-5;/h5-10,12-13H,1-4H3;12,16H,7-11H2,1-6H3;/q-1;;/b;13-12-;. The van der Waals surface area contributed by atoms with E-state index in [0.717, 1.165) is 47.8 Å². The number of nitrogens with zero attached hydrogens (tertiary/aromatic N) is 1. The molecule has 0 saturated carbocycles. The molecule has 0 saturated heterocycles. The summed E-state index contributed by atoms with van der Waals surface area (Å²) in [6.07, 6.45) is 5.17. The van der Waals surface area contributed by atoms with Gasteiger partial charge in [-0.05, 0) is 46.9 Å². The molecule has 0 bridgehead atoms. The molecule has 1 heterocycles. The Bertz CT molecular complexity index is 1260. The maximum atomic E-state index is 12.5. The van der Waals surface area contributed by atoms with Gasteiger partial charge < -0.3 is 14.9 Å². The van der Waals surface area contributed by atoms with E-state index in [1.165, 1.54) is 21.9 Å². The second kappa shape index (κ2) is 15.8. The molecule has 0 atom stereocenters. The predicted molar refractivity (Wildman–Crippen MR) is 171 cm³/mol. The fraction of sp³-hybridized carbons (Fsp3) is 0.486. The number of aryl methyl sites for hydroxylation is 2. The summed E-state index contributed by atoms with van der Waals surface area (Å²) < 4.78 is 0. The van der Waals surface area contributed by atoms with Gasteiger partial charge in [-0.25, -0.2) is 0 Å². The minimum atomic E-state index is -1.86. The molecule has 0 unspecified atom stereocenters. The van der Waals surface area contributed by atoms with Crippen LogP contribution >= 0.6 is 0 Å². The Morgan fingerprint density at radius 3 is 2.10 bits per heavy atom. The van der Waals surface area contributed by atoms with Gasteiger partial charge >= 0.3 is 0 Å². The number of hydrogen-bond donors (Lipinski definition) is 1. The Kier molecular flexibility index (Phi) is 14.2. The van der Waals surface area contributed by atoms with Gasteiger partial charge in [-0.2, -0.15) is 0 Å². The monoisotopic (exact) mass is 737 g/mol. The molecular formula is C35H50IrNO2Si-. The number of allylic oxidation sites excluding steroid dienone is 2. The van der Waals surface area contributed by atoms with Crippen molar-refractivity contribution in [2.75, 3.05) is 0 Å². The van der Waals surface area contributed by atoms with Crippen molar-refractivity contribution in [3.63, 3.8) is 0 Å². The van der Waals surface area contributed by atoms with Crippen molar-refractivity contribution in [3.8, 4) is 11.3 Å². The Balaban J connectivity index is 0.000000397. The van der Waals surface area contributed by atoms with E-state index in [1.54, 1.807) is 6.08 Å². The van der Waals surface area contributed by atoms with E-state index in [-0.39, 0.29) is 36.7 Å². The van der Waals surface area contributed by atoms with Gasteiger partial charge in [0.1, 0.15) is 19.2 Å². The largest absolute Gasteiger partial charge is 0.512 e. The number of carbonyl (C=O) groups excluding carboxylic acids is 1. The molecule has 40 heavy (non-hydrogen) atoms. The van der Waals surface area contributed by atoms with E-state index in [4.69, 9.17) is 0 Å². The fourth-order valence-corrected chi connectivity index (χ4v) is 8.12. The number of fused-ring (bicyclic) bond motifs is 1. The molecule has 1 aromatic heterocycles. The summed E-state index contributed by atoms with van der Waals surface area (Å²) in [5.41, 5.74) is 5.63. The molecule has 1 radical (unpaired) electrons. The summed E-state index contributed by atoms with van der Waals surface area (Å²) in [5.74, 6) is 0.823. The van der Waals surface area contributed by atoms with Crippen molar-refractivity contribution in [1.82, 2.24) is 4.98 Å². The minimum absolute atomic E-state index is 0. The van der Waals surface area contributed by atoms with Crippen molar-refractivity contribution in [1.29, 1.82) is 0 Å². The van der Waals surface area contributed by atoms with Crippen LogP contribution < -0.4 is 0 Å². The second-order valence-corrected chi connectivity index (χ2v) is 16.7. The Labute approximate surface area is 258 Å². The first-order valence-corrected chi connectivity index (χ1v) is 17.4. The van der Waals surface area contributed by atoms with Crippen molar-refractivity contribution < 1.29 is 30.0 Å². The number of hydrogen-bond acceptors (Lipinski definition) is 3. The van der Waals surface area contributed by atoms with E-state index < -0.39 is 8.07 Å². The van der Waals surface area contributed by atoms with E-state index in [1.807, 2.05) is 13.1 Å². The second-order valence-electron chi connectivity index (χ2n) is 11.6. The number of carbonyl (C=O) groups is 1. The molecule has 0 spiro atoms. The first-order valence-electron chi connectivity index (χ1n) is 14.7. The Hall–Kier alpha value is -2.07. The topological polar surface area (TPSA) is 50.2 Å². The maximum Gasteiger partial charge on any atom is 0.137 e. The van der Waals surface area contributed by atoms with Crippen molar-refractivity contribution in [2.45, 2.75) is 106 Å². The van der Waals surface area contributed by atoms with Crippen LogP contribution in [-0.4, -0.2) is 23.6 Å². The van der Waals surface area contributed by atoms with Gasteiger partial charge in [-0.3, -0.25) is 0 Å². The Morgan fingerprint density at radius 1 is 1.00 bits per heavy atom. The normalized spacial score (nSPS) is 12.1. The third-order valence-electron chi connectivity index (χ3n) is 8.86. The van der Waals surface area contributed by atoms with Crippen LogP contribution in [0.15, 0.2) is 54.4 Å². The van der Waals surface area contributed by atoms with Gasteiger partial charge in [-0.1, -0.05) is 106 Å². The molecule has 0 aliphatic heterocycles. The van der Waals surface area contributed by atoms with Gasteiger partial charge in [-0.15, -0.1) is 34.9 Å². The SMILES string of the molecule is CCC(C)(CC)/C(O)=C/C(=O)[Si](CC)(CC)CC.Cc1[c-]c(-c2nccc3cc(C(C)C)ccc23)cc(C)c1.[Ir]. The Morgan fingerprint density at radius 2 is 1.60 bits per heavy atom. The summed E-state index contributed by atoms with van der Waals surface area (Å²) in [5, 5.41) is 12.9. The third-order valence-corrected chi connectivity index (χ3v) is 14.1. The molecule has 5 heteroatoms. The van der Waals surface area contributed by atoms with Crippen LogP contribution in [-0.2, 0) is 24.9 Å². The van der Waals surface area contributed by atoms with Crippen molar-refractivity contribution >= 4 is 24.3 Å². The number of aliphatic hydroxyl groups excluding tert-OH is 1. The zero-order valence-corrected chi connectivity index (χ0v) is 29.8. The maximum absolute atomic E-state index is 12.5. The molecule has 0 aliphatic rings. The molecule has 0 fully saturated rings. The van der Waals surface area contributed by atoms with Crippen LogP contribution in [0.5, 0.6) is 0 Å². The number of benzene rings is 2. The van der Waals surface area contributed by atoms with Crippen molar-refractivity contribution in [3.05, 3.63) is 77.2 Å². The molecule has 2 aromatic carbocycles. The van der Waals surface area contributed by atoms with E-state index >= 15 is 0 Å². The van der Waals surface area contributed by atoms with Crippen LogP contribution in [0, 0.1) is 25.3 Å². The van der Waals surface area contributed by atoms with Crippen LogP contribution in [0.2, 0.25) is 18.1 Å². The predicted octanol–water partition coefficient (Wildman–Crippen LogP) is 10.3. The summed E-state index contributed by atoms with van der Waals surface area (Å²) >= 11 is 0. The zero-order valence-electron chi connectivity index (χ0n) is 26.4. The molecule has 0 aliphatic carbocycles. The van der Waals surface area contributed by atoms with E-state index in [2.05, 4.69) is 110 Å². The summed E-state index contributed by atoms with van der Waals surface area (Å²) in [4.78, 5) is 17.1. The summed E-state index contributed by atoms with van der Waals surface area (Å²) in [6.45, 7) is 21.1. The molecule has 3 aromatic rings. The number of rotatable bonds is 10. The summed E-state index contributed by atoms with van der Waals surface area (Å²) in [6, 6.07) is 19.4. The number of pyridine rings is 1. The fourth-order valence-electron chi connectivity index (χ4n) is 5.13. The molecule has 1 N–H and O–H groups in total. The van der Waals surface area contributed by atoms with Crippen molar-refractivity contribution in [2.24, 2.45) is 5.41 Å². The number of aromatic nitrogens is 1. The van der Waals surface area contributed by atoms with Gasteiger partial charge in [0.25, 0.3) is 0 Å². The van der Waals surface area contributed by atoms with Crippen LogP contribution in [0.1, 0.15) is 90.8 Å². The third kappa shape index (κ3) is 8.47. The first kappa shape index (κ1) is 36.0. The van der Waals surface area contributed by atoms with E-state index in [9.17, 15) is 9.90 Å². The molecular weight excluding hydrogens is 687 g/mol. The first-order chi connectivity index (χ1) is 18.4. The van der Waals surface area contributed by atoms with Gasteiger partial charge in [0.05, 0.1) is 0 Å². The molecule has 3 rings (SSSR count). The average molecular weight is 737 g/mol. The van der Waals surface area contributed by atoms with Gasteiger partial charge in [0.15, 0.2) is 0 Å². The molecule has 221 valence electrons. The quantitative estimate of drug-likeness (QED) is 0.0976. The smallest absolute Gasteiger partial charge is 0.137 e. The van der Waals surface area contributed by atoms with E-state index in [0.29, 0.717) is 5.92 Å². The number of aliphatic hydroxyl groups is 1. The summed E-state index contributed by atoms with van der Waals surface area (Å²) in [7, 11) is -1.86. The average Bonchev–Trinajstić information content (AvgIpc) is 2.92. The van der Waals surface area contributed by atoms with Crippen LogP contribution in [0.4, 0.5) is 0 Å². The molecule has 0 amide bonds. The van der Waals surface area contributed by atoms with Gasteiger partial charge in [0, 0.05) is 37.8 Å². The zero-order chi connectivity index (χ0) is 29.4. The molecule has 3 nitrogen and oxygen atoms in total.